The van der Waals surface area contributed by atoms with Crippen LogP contribution in [0.3, 0.4) is 0 Å². The first-order valence-corrected chi connectivity index (χ1v) is 10.5. The number of aryl methyl sites for hydroxylation is 2. The van der Waals surface area contributed by atoms with Gasteiger partial charge in [-0.3, -0.25) is 14.5 Å². The highest BCUT2D eigenvalue weighted by Gasteiger charge is 2.32. The number of thioether (sulfide) groups is 1. The van der Waals surface area contributed by atoms with Crippen LogP contribution in [0, 0.1) is 13.8 Å². The second kappa shape index (κ2) is 9.17. The van der Waals surface area contributed by atoms with E-state index in [1.54, 1.807) is 32.2 Å². The van der Waals surface area contributed by atoms with Gasteiger partial charge in [0.05, 0.1) is 18.6 Å². The van der Waals surface area contributed by atoms with E-state index in [1.807, 2.05) is 50.2 Å². The van der Waals surface area contributed by atoms with Crippen molar-refractivity contribution >= 4 is 40.5 Å². The lowest BCUT2D eigenvalue weighted by Crippen LogP contribution is -2.32. The molecule has 0 spiro atoms. The number of ether oxygens (including phenoxy) is 1. The Morgan fingerprint density at radius 2 is 1.77 bits per heavy atom. The van der Waals surface area contributed by atoms with E-state index in [9.17, 15) is 9.59 Å². The second-order valence-corrected chi connectivity index (χ2v) is 8.20. The van der Waals surface area contributed by atoms with Crippen molar-refractivity contribution in [2.45, 2.75) is 13.8 Å². The van der Waals surface area contributed by atoms with Crippen LogP contribution in [0.1, 0.15) is 16.7 Å². The number of carbonyl (C=O) groups is 2. The van der Waals surface area contributed by atoms with Crippen LogP contribution in [-0.2, 0) is 9.59 Å². The Hall–Kier alpha value is -3.06. The maximum atomic E-state index is 13.3. The van der Waals surface area contributed by atoms with Crippen LogP contribution in [-0.4, -0.2) is 48.8 Å². The van der Waals surface area contributed by atoms with Crippen molar-refractivity contribution in [3.05, 3.63) is 64.9 Å². The fourth-order valence-corrected chi connectivity index (χ4v) is 4.01. The summed E-state index contributed by atoms with van der Waals surface area (Å²) in [6, 6.07) is 13.4. The summed E-state index contributed by atoms with van der Waals surface area (Å²) in [5.41, 5.74) is 4.04. The highest BCUT2D eigenvalue weighted by Crippen LogP contribution is 2.31. The number of hydrogen-bond acceptors (Lipinski definition) is 5. The molecule has 3 rings (SSSR count). The lowest BCUT2D eigenvalue weighted by atomic mass is 10.1. The van der Waals surface area contributed by atoms with Gasteiger partial charge in [0, 0.05) is 14.1 Å². The Balaban J connectivity index is 1.97. The van der Waals surface area contributed by atoms with Crippen LogP contribution in [0.2, 0.25) is 0 Å². The van der Waals surface area contributed by atoms with Gasteiger partial charge in [-0.05, 0) is 60.9 Å². The number of carbonyl (C=O) groups excluding carboxylic acids is 2. The maximum absolute atomic E-state index is 13.3. The van der Waals surface area contributed by atoms with Crippen molar-refractivity contribution in [2.75, 3.05) is 31.9 Å². The van der Waals surface area contributed by atoms with Gasteiger partial charge in [-0.2, -0.15) is 0 Å². The molecule has 0 radical (unpaired) electrons. The molecule has 0 saturated heterocycles. The number of aliphatic imine (C=N–C) groups is 1. The molecule has 1 aliphatic heterocycles. The van der Waals surface area contributed by atoms with E-state index in [0.29, 0.717) is 10.9 Å². The Kier molecular flexibility index (Phi) is 6.62. The molecule has 0 aromatic heterocycles. The summed E-state index contributed by atoms with van der Waals surface area (Å²) in [7, 11) is 5.03. The molecule has 0 aliphatic carbocycles. The van der Waals surface area contributed by atoms with Crippen LogP contribution >= 0.6 is 11.8 Å². The highest BCUT2D eigenvalue weighted by molar-refractivity contribution is 8.14. The molecule has 7 heteroatoms. The van der Waals surface area contributed by atoms with E-state index in [0.717, 1.165) is 28.1 Å². The third-order valence-electron chi connectivity index (χ3n) is 4.54. The van der Waals surface area contributed by atoms with E-state index >= 15 is 0 Å². The zero-order valence-corrected chi connectivity index (χ0v) is 18.6. The van der Waals surface area contributed by atoms with Crippen molar-refractivity contribution < 1.29 is 14.3 Å². The summed E-state index contributed by atoms with van der Waals surface area (Å²) in [4.78, 5) is 33.0. The molecule has 2 aromatic carbocycles. The number of anilines is 1. The minimum Gasteiger partial charge on any atom is -0.497 e. The number of benzene rings is 2. The zero-order chi connectivity index (χ0) is 21.8. The molecular weight excluding hydrogens is 398 g/mol. The van der Waals surface area contributed by atoms with E-state index in [2.05, 4.69) is 11.1 Å². The Bertz CT molecular complexity index is 1010. The summed E-state index contributed by atoms with van der Waals surface area (Å²) in [5.74, 6) is 0.698. The third-order valence-corrected chi connectivity index (χ3v) is 5.46. The summed E-state index contributed by atoms with van der Waals surface area (Å²) in [6.45, 7) is 3.98. The zero-order valence-electron chi connectivity index (χ0n) is 17.8. The number of rotatable bonds is 5. The number of amidine groups is 1. The predicted molar refractivity (Wildman–Crippen MR) is 123 cm³/mol. The van der Waals surface area contributed by atoms with E-state index in [1.165, 1.54) is 16.7 Å². The molecule has 2 amide bonds. The van der Waals surface area contributed by atoms with E-state index in [4.69, 9.17) is 4.74 Å². The molecule has 0 unspecified atom stereocenters. The van der Waals surface area contributed by atoms with Crippen LogP contribution in [0.5, 0.6) is 5.75 Å². The van der Waals surface area contributed by atoms with Gasteiger partial charge in [0.15, 0.2) is 5.17 Å². The first-order chi connectivity index (χ1) is 14.3. The van der Waals surface area contributed by atoms with Crippen molar-refractivity contribution in [3.63, 3.8) is 0 Å². The Labute approximate surface area is 181 Å². The molecule has 0 bridgehead atoms. The molecule has 0 atom stereocenters. The molecule has 1 aliphatic rings. The number of methoxy groups -OCH3 is 1. The van der Waals surface area contributed by atoms with Crippen molar-refractivity contribution in [2.24, 2.45) is 4.99 Å². The summed E-state index contributed by atoms with van der Waals surface area (Å²) < 4.78 is 5.19. The molecule has 2 aromatic rings. The molecule has 0 saturated carbocycles. The molecule has 6 nitrogen and oxygen atoms in total. The Morgan fingerprint density at radius 3 is 2.33 bits per heavy atom. The van der Waals surface area contributed by atoms with Gasteiger partial charge in [0.2, 0.25) is 5.91 Å². The van der Waals surface area contributed by atoms with Gasteiger partial charge >= 0.3 is 0 Å². The molecule has 0 N–H and O–H groups in total. The average molecular weight is 424 g/mol. The van der Waals surface area contributed by atoms with Gasteiger partial charge in [-0.25, -0.2) is 4.99 Å². The quantitative estimate of drug-likeness (QED) is 0.685. The minimum atomic E-state index is -0.212. The van der Waals surface area contributed by atoms with Crippen molar-refractivity contribution in [1.29, 1.82) is 0 Å². The minimum absolute atomic E-state index is 0.0388. The molecule has 30 heavy (non-hydrogen) atoms. The van der Waals surface area contributed by atoms with Gasteiger partial charge in [-0.1, -0.05) is 30.0 Å². The summed E-state index contributed by atoms with van der Waals surface area (Å²) >= 11 is 1.26. The number of hydrogen-bond donors (Lipinski definition) is 0. The van der Waals surface area contributed by atoms with E-state index < -0.39 is 0 Å². The fraction of sp³-hybridized carbons (Fsp3) is 0.261. The third kappa shape index (κ3) is 4.91. The molecular formula is C23H25N3O3S. The lowest BCUT2D eigenvalue weighted by molar-refractivity contribution is -0.125. The topological polar surface area (TPSA) is 62.2 Å². The first kappa shape index (κ1) is 21.6. The molecule has 156 valence electrons. The standard InChI is InChI=1S/C23H25N3O3S/c1-15-10-16(2)12-18(11-15)26-22(28)20(13-17-6-8-19(29-5)9-7-17)24-23(26)30-14-21(27)25(3)4/h6-13H,14H2,1-5H3/b20-13-. The van der Waals surface area contributed by atoms with Crippen LogP contribution in [0.15, 0.2) is 53.2 Å². The smallest absolute Gasteiger partial charge is 0.283 e. The van der Waals surface area contributed by atoms with E-state index in [-0.39, 0.29) is 17.6 Å². The first-order valence-electron chi connectivity index (χ1n) is 9.48. The van der Waals surface area contributed by atoms with Crippen LogP contribution in [0.4, 0.5) is 5.69 Å². The largest absolute Gasteiger partial charge is 0.497 e. The monoisotopic (exact) mass is 423 g/mol. The fourth-order valence-electron chi connectivity index (χ4n) is 3.01. The highest BCUT2D eigenvalue weighted by atomic mass is 32.2. The average Bonchev–Trinajstić information content (AvgIpc) is 3.01. The molecule has 0 fully saturated rings. The maximum Gasteiger partial charge on any atom is 0.283 e. The Morgan fingerprint density at radius 1 is 1.13 bits per heavy atom. The van der Waals surface area contributed by atoms with Crippen LogP contribution in [0.25, 0.3) is 6.08 Å². The normalized spacial score (nSPS) is 14.8. The summed E-state index contributed by atoms with van der Waals surface area (Å²) in [5, 5.41) is 0.500. The SMILES string of the molecule is COc1ccc(/C=C2\N=C(SCC(=O)N(C)C)N(c3cc(C)cc(C)c3)C2=O)cc1. The number of nitrogens with zero attached hydrogens (tertiary/aromatic N) is 3. The molecule has 1 heterocycles. The predicted octanol–water partition coefficient (Wildman–Crippen LogP) is 3.88. The van der Waals surface area contributed by atoms with Crippen molar-refractivity contribution in [1.82, 2.24) is 4.90 Å². The van der Waals surface area contributed by atoms with Crippen LogP contribution < -0.4 is 9.64 Å². The lowest BCUT2D eigenvalue weighted by Gasteiger charge is -2.19. The second-order valence-electron chi connectivity index (χ2n) is 7.26. The summed E-state index contributed by atoms with van der Waals surface area (Å²) in [6.07, 6.45) is 1.75. The van der Waals surface area contributed by atoms with Gasteiger partial charge < -0.3 is 9.64 Å². The number of amides is 2. The van der Waals surface area contributed by atoms with Gasteiger partial charge in [0.25, 0.3) is 5.91 Å². The van der Waals surface area contributed by atoms with Crippen molar-refractivity contribution in [3.8, 4) is 5.75 Å². The van der Waals surface area contributed by atoms with Gasteiger partial charge in [0.1, 0.15) is 11.4 Å². The van der Waals surface area contributed by atoms with Gasteiger partial charge in [-0.15, -0.1) is 0 Å².